The monoisotopic (exact) mass is 315 g/mol. The van der Waals surface area contributed by atoms with Crippen molar-refractivity contribution in [2.75, 3.05) is 5.43 Å². The van der Waals surface area contributed by atoms with E-state index in [9.17, 15) is 9.18 Å². The van der Waals surface area contributed by atoms with Crippen LogP contribution < -0.4 is 10.9 Å². The van der Waals surface area contributed by atoms with Crippen molar-refractivity contribution in [3.63, 3.8) is 0 Å². The molecule has 3 aromatic rings. The molecule has 0 saturated carbocycles. The van der Waals surface area contributed by atoms with Gasteiger partial charge in [0.25, 0.3) is 5.91 Å². The molecule has 1 aromatic heterocycles. The predicted octanol–water partition coefficient (Wildman–Crippen LogP) is 3.81. The lowest BCUT2D eigenvalue weighted by Gasteiger charge is -2.05. The number of hydrogen-bond donors (Lipinski definition) is 2. The maximum Gasteiger partial charge on any atom is 0.269 e. The van der Waals surface area contributed by atoms with Gasteiger partial charge in [-0.15, -0.1) is 0 Å². The number of rotatable bonds is 3. The molecule has 1 amide bonds. The van der Waals surface area contributed by atoms with Gasteiger partial charge in [-0.3, -0.25) is 15.6 Å². The number of thiazole rings is 1. The van der Waals surface area contributed by atoms with Crippen LogP contribution in [0.25, 0.3) is 10.2 Å². The first-order valence-electron chi connectivity index (χ1n) is 6.72. The first kappa shape index (κ1) is 14.5. The predicted molar refractivity (Wildman–Crippen MR) is 86.6 cm³/mol. The molecule has 3 rings (SSSR count). The molecular weight excluding hydrogens is 301 g/mol. The molecule has 112 valence electrons. The van der Waals surface area contributed by atoms with Gasteiger partial charge in [0.05, 0.1) is 10.2 Å². The number of hydrogen-bond acceptors (Lipinski definition) is 4. The van der Waals surface area contributed by atoms with Crippen LogP contribution in [0.4, 0.5) is 9.52 Å². The largest absolute Gasteiger partial charge is 0.273 e. The van der Waals surface area contributed by atoms with Crippen molar-refractivity contribution in [3.05, 3.63) is 58.9 Å². The van der Waals surface area contributed by atoms with Crippen LogP contribution in [0.2, 0.25) is 0 Å². The van der Waals surface area contributed by atoms with E-state index in [1.54, 1.807) is 0 Å². The van der Waals surface area contributed by atoms with Crippen molar-refractivity contribution in [1.29, 1.82) is 0 Å². The number of carbonyl (C=O) groups excluding carboxylic acids is 1. The summed E-state index contributed by atoms with van der Waals surface area (Å²) in [5.74, 6) is -0.714. The molecule has 0 aliphatic carbocycles. The van der Waals surface area contributed by atoms with Gasteiger partial charge in [0.1, 0.15) is 5.82 Å². The van der Waals surface area contributed by atoms with Crippen LogP contribution in [0.1, 0.15) is 21.5 Å². The number of carbonyl (C=O) groups is 1. The highest BCUT2D eigenvalue weighted by Crippen LogP contribution is 2.28. The van der Waals surface area contributed by atoms with Crippen molar-refractivity contribution >= 4 is 32.6 Å². The zero-order chi connectivity index (χ0) is 15.7. The van der Waals surface area contributed by atoms with Crippen molar-refractivity contribution in [2.45, 2.75) is 13.8 Å². The van der Waals surface area contributed by atoms with E-state index in [2.05, 4.69) is 28.0 Å². The third-order valence-corrected chi connectivity index (χ3v) is 4.14. The van der Waals surface area contributed by atoms with E-state index in [1.165, 1.54) is 41.2 Å². The smallest absolute Gasteiger partial charge is 0.269 e. The second kappa shape index (κ2) is 5.73. The number of fused-ring (bicyclic) bond motifs is 1. The zero-order valence-electron chi connectivity index (χ0n) is 12.1. The standard InChI is InChI=1S/C16H14FN3OS/c1-9-7-10(2)14-13(8-9)22-16(18-14)20-19-15(21)11-3-5-12(17)6-4-11/h3-8H,1-2H3,(H,18,20)(H,19,21). The number of amides is 1. The molecule has 1 heterocycles. The Balaban J connectivity index is 1.75. The zero-order valence-corrected chi connectivity index (χ0v) is 12.9. The Kier molecular flexibility index (Phi) is 3.77. The fourth-order valence-corrected chi connectivity index (χ4v) is 3.20. The molecule has 0 radical (unpaired) electrons. The summed E-state index contributed by atoms with van der Waals surface area (Å²) in [6.45, 7) is 4.05. The lowest BCUT2D eigenvalue weighted by Crippen LogP contribution is -2.29. The second-order valence-corrected chi connectivity index (χ2v) is 6.06. The average molecular weight is 315 g/mol. The van der Waals surface area contributed by atoms with Gasteiger partial charge in [-0.25, -0.2) is 9.37 Å². The Labute approximate surface area is 131 Å². The lowest BCUT2D eigenvalue weighted by molar-refractivity contribution is 0.0962. The van der Waals surface area contributed by atoms with Gasteiger partial charge in [-0.1, -0.05) is 17.4 Å². The topological polar surface area (TPSA) is 54.0 Å². The van der Waals surface area contributed by atoms with Gasteiger partial charge in [0.15, 0.2) is 0 Å². The van der Waals surface area contributed by atoms with Gasteiger partial charge in [0, 0.05) is 5.56 Å². The van der Waals surface area contributed by atoms with Crippen LogP contribution in [0, 0.1) is 19.7 Å². The molecule has 2 N–H and O–H groups in total. The van der Waals surface area contributed by atoms with Crippen LogP contribution in [0.15, 0.2) is 36.4 Å². The average Bonchev–Trinajstić information content (AvgIpc) is 2.89. The van der Waals surface area contributed by atoms with Crippen LogP contribution in [-0.4, -0.2) is 10.9 Å². The normalized spacial score (nSPS) is 10.7. The van der Waals surface area contributed by atoms with Crippen LogP contribution in [0.5, 0.6) is 0 Å². The molecule has 22 heavy (non-hydrogen) atoms. The molecular formula is C16H14FN3OS. The molecule has 4 nitrogen and oxygen atoms in total. The van der Waals surface area contributed by atoms with Crippen LogP contribution in [0.3, 0.4) is 0 Å². The van der Waals surface area contributed by atoms with E-state index in [0.717, 1.165) is 15.8 Å². The number of benzene rings is 2. The minimum atomic E-state index is -0.374. The number of nitrogens with zero attached hydrogens (tertiary/aromatic N) is 1. The molecule has 0 spiro atoms. The number of halogens is 1. The SMILES string of the molecule is Cc1cc(C)c2nc(NNC(=O)c3ccc(F)cc3)sc2c1. The Morgan fingerprint density at radius 1 is 1.18 bits per heavy atom. The molecule has 0 bridgehead atoms. The maximum atomic E-state index is 12.8. The number of nitrogens with one attached hydrogen (secondary N) is 2. The number of hydrazine groups is 1. The Hall–Kier alpha value is -2.47. The highest BCUT2D eigenvalue weighted by atomic mass is 32.1. The van der Waals surface area contributed by atoms with E-state index >= 15 is 0 Å². The summed E-state index contributed by atoms with van der Waals surface area (Å²) < 4.78 is 13.9. The summed E-state index contributed by atoms with van der Waals surface area (Å²) in [7, 11) is 0. The second-order valence-electron chi connectivity index (χ2n) is 5.03. The van der Waals surface area contributed by atoms with Gasteiger partial charge >= 0.3 is 0 Å². The third kappa shape index (κ3) is 2.92. The van der Waals surface area contributed by atoms with Gasteiger partial charge in [-0.05, 0) is 55.3 Å². The minimum absolute atomic E-state index is 0.341. The number of anilines is 1. The van der Waals surface area contributed by atoms with Crippen molar-refractivity contribution in [2.24, 2.45) is 0 Å². The fraction of sp³-hybridized carbons (Fsp3) is 0.125. The Morgan fingerprint density at radius 2 is 1.91 bits per heavy atom. The van der Waals surface area contributed by atoms with Crippen LogP contribution in [-0.2, 0) is 0 Å². The molecule has 2 aromatic carbocycles. The highest BCUT2D eigenvalue weighted by molar-refractivity contribution is 7.22. The molecule has 0 aliphatic heterocycles. The van der Waals surface area contributed by atoms with E-state index < -0.39 is 0 Å². The fourth-order valence-electron chi connectivity index (χ4n) is 2.21. The summed E-state index contributed by atoms with van der Waals surface area (Å²) >= 11 is 1.47. The lowest BCUT2D eigenvalue weighted by atomic mass is 10.1. The maximum absolute atomic E-state index is 12.8. The van der Waals surface area contributed by atoms with Crippen molar-refractivity contribution < 1.29 is 9.18 Å². The first-order chi connectivity index (χ1) is 10.5. The van der Waals surface area contributed by atoms with Gasteiger partial charge < -0.3 is 0 Å². The number of aryl methyl sites for hydroxylation is 2. The third-order valence-electron chi connectivity index (χ3n) is 3.22. The van der Waals surface area contributed by atoms with E-state index in [0.29, 0.717) is 10.7 Å². The molecule has 0 fully saturated rings. The van der Waals surface area contributed by atoms with Gasteiger partial charge in [-0.2, -0.15) is 0 Å². The Morgan fingerprint density at radius 3 is 2.64 bits per heavy atom. The Bertz CT molecular complexity index is 842. The summed E-state index contributed by atoms with van der Waals surface area (Å²) in [5.41, 5.74) is 8.95. The summed E-state index contributed by atoms with van der Waals surface area (Å²) in [6.07, 6.45) is 0. The molecule has 0 saturated heterocycles. The molecule has 0 aliphatic rings. The highest BCUT2D eigenvalue weighted by Gasteiger charge is 2.09. The van der Waals surface area contributed by atoms with E-state index in [1.807, 2.05) is 13.8 Å². The van der Waals surface area contributed by atoms with E-state index in [-0.39, 0.29) is 11.7 Å². The summed E-state index contributed by atoms with van der Waals surface area (Å²) in [5, 5.41) is 0.610. The quantitative estimate of drug-likeness (QED) is 0.723. The molecule has 0 atom stereocenters. The van der Waals surface area contributed by atoms with Crippen molar-refractivity contribution in [1.82, 2.24) is 10.4 Å². The summed E-state index contributed by atoms with van der Waals surface area (Å²) in [4.78, 5) is 16.4. The first-order valence-corrected chi connectivity index (χ1v) is 7.54. The van der Waals surface area contributed by atoms with Gasteiger partial charge in [0.2, 0.25) is 5.13 Å². The number of aromatic nitrogens is 1. The summed E-state index contributed by atoms with van der Waals surface area (Å²) in [6, 6.07) is 9.49. The van der Waals surface area contributed by atoms with Crippen molar-refractivity contribution in [3.8, 4) is 0 Å². The minimum Gasteiger partial charge on any atom is -0.273 e. The molecule has 0 unspecified atom stereocenters. The molecule has 6 heteroatoms. The van der Waals surface area contributed by atoms with Crippen LogP contribution >= 0.6 is 11.3 Å². The van der Waals surface area contributed by atoms with E-state index in [4.69, 9.17) is 0 Å².